The van der Waals surface area contributed by atoms with E-state index >= 15 is 0 Å². The molecule has 10 nitrogen and oxygen atoms in total. The lowest BCUT2D eigenvalue weighted by Gasteiger charge is -2.43. The first-order valence-corrected chi connectivity index (χ1v) is 15.3. The van der Waals surface area contributed by atoms with E-state index in [2.05, 4.69) is 4.98 Å². The molecular weight excluding hydrogens is 558 g/mol. The van der Waals surface area contributed by atoms with Gasteiger partial charge in [-0.25, -0.2) is 4.98 Å². The van der Waals surface area contributed by atoms with Gasteiger partial charge in [-0.05, 0) is 56.0 Å². The van der Waals surface area contributed by atoms with E-state index in [0.717, 1.165) is 5.56 Å². The number of carbonyl (C=O) groups is 2. The Hall–Kier alpha value is -4.44. The highest BCUT2D eigenvalue weighted by Crippen LogP contribution is 2.36. The summed E-state index contributed by atoms with van der Waals surface area (Å²) in [6.45, 7) is 4.28. The van der Waals surface area contributed by atoms with E-state index in [-0.39, 0.29) is 35.8 Å². The van der Waals surface area contributed by atoms with Crippen LogP contribution in [0.2, 0.25) is 0 Å². The summed E-state index contributed by atoms with van der Waals surface area (Å²) in [6, 6.07) is 18.9. The van der Waals surface area contributed by atoms with Crippen LogP contribution in [-0.4, -0.2) is 79.2 Å². The fraction of sp³-hybridized carbons (Fsp3) is 0.412. The Bertz CT molecular complexity index is 1710. The number of carbonyl (C=O) groups excluding carboxylic acids is 2. The first kappa shape index (κ1) is 29.6. The average molecular weight is 598 g/mol. The van der Waals surface area contributed by atoms with Gasteiger partial charge in [0.15, 0.2) is 0 Å². The summed E-state index contributed by atoms with van der Waals surface area (Å²) in [5, 5.41) is 12.0. The molecule has 10 heteroatoms. The second-order valence-electron chi connectivity index (χ2n) is 12.0. The maximum atomic E-state index is 14.0. The molecule has 2 saturated heterocycles. The van der Waals surface area contributed by atoms with E-state index in [1.54, 1.807) is 29.0 Å². The number of piperidine rings is 2. The number of amides is 2. The monoisotopic (exact) mass is 597 g/mol. The standard InChI is InChI=1S/C34H39N5O5/c1-3-44-26-11-7-10-25(20-26)31(40)38-17-13-27(29(21-38)24-8-5-4-6-9-24)32(41)37-18-14-34(43,15-19-37)22-39-23-35-30-28(33(39)42)12-16-36(30)2/h4-12,16,20,23,27,29,43H,3,13-15,17-19,21-22H2,1-2H3. The number of aliphatic hydroxyl groups is 1. The number of likely N-dealkylation sites (tertiary alicyclic amines) is 2. The molecule has 2 aromatic carbocycles. The Balaban J connectivity index is 1.15. The lowest BCUT2D eigenvalue weighted by atomic mass is 9.79. The Morgan fingerprint density at radius 2 is 1.80 bits per heavy atom. The van der Waals surface area contributed by atoms with Crippen molar-refractivity contribution in [1.82, 2.24) is 23.9 Å². The predicted molar refractivity (Wildman–Crippen MR) is 167 cm³/mol. The summed E-state index contributed by atoms with van der Waals surface area (Å²) < 4.78 is 8.87. The summed E-state index contributed by atoms with van der Waals surface area (Å²) in [5.41, 5.74) is 0.916. The highest BCUT2D eigenvalue weighted by atomic mass is 16.5. The molecule has 0 bridgehead atoms. The molecule has 6 rings (SSSR count). The number of nitrogens with zero attached hydrogens (tertiary/aromatic N) is 5. The maximum absolute atomic E-state index is 14.0. The molecule has 2 unspecified atom stereocenters. The second kappa shape index (κ2) is 12.3. The second-order valence-corrected chi connectivity index (χ2v) is 12.0. The molecule has 0 saturated carbocycles. The number of aromatic nitrogens is 3. The van der Waals surface area contributed by atoms with Crippen molar-refractivity contribution in [3.05, 3.63) is 94.7 Å². The molecule has 2 aromatic heterocycles. The minimum atomic E-state index is -1.12. The minimum absolute atomic E-state index is 0.0517. The Morgan fingerprint density at radius 1 is 1.02 bits per heavy atom. The van der Waals surface area contributed by atoms with Crippen molar-refractivity contribution in [1.29, 1.82) is 0 Å². The highest BCUT2D eigenvalue weighted by Gasteiger charge is 2.41. The summed E-state index contributed by atoms with van der Waals surface area (Å²) in [6.07, 6.45) is 4.56. The van der Waals surface area contributed by atoms with Gasteiger partial charge in [-0.3, -0.25) is 19.0 Å². The quantitative estimate of drug-likeness (QED) is 0.350. The summed E-state index contributed by atoms with van der Waals surface area (Å²) >= 11 is 0. The molecule has 0 spiro atoms. The van der Waals surface area contributed by atoms with Gasteiger partial charge in [0.1, 0.15) is 17.7 Å². The summed E-state index contributed by atoms with van der Waals surface area (Å²) in [4.78, 5) is 48.7. The molecule has 2 atom stereocenters. The van der Waals surface area contributed by atoms with E-state index in [0.29, 0.717) is 74.4 Å². The van der Waals surface area contributed by atoms with Gasteiger partial charge in [0.05, 0.1) is 24.1 Å². The van der Waals surface area contributed by atoms with Crippen molar-refractivity contribution in [2.45, 2.75) is 44.2 Å². The highest BCUT2D eigenvalue weighted by molar-refractivity contribution is 5.95. The van der Waals surface area contributed by atoms with Crippen LogP contribution in [0.1, 0.15) is 48.0 Å². The number of hydrogen-bond acceptors (Lipinski definition) is 6. The third-order valence-electron chi connectivity index (χ3n) is 9.16. The molecule has 0 aliphatic carbocycles. The summed E-state index contributed by atoms with van der Waals surface area (Å²) in [7, 11) is 1.84. The predicted octanol–water partition coefficient (Wildman–Crippen LogP) is 3.43. The molecular formula is C34H39N5O5. The van der Waals surface area contributed by atoms with E-state index in [1.807, 2.05) is 66.2 Å². The molecule has 2 amide bonds. The van der Waals surface area contributed by atoms with E-state index in [1.165, 1.54) is 10.9 Å². The molecule has 2 fully saturated rings. The van der Waals surface area contributed by atoms with Crippen molar-refractivity contribution in [2.24, 2.45) is 13.0 Å². The molecule has 4 heterocycles. The molecule has 0 radical (unpaired) electrons. The summed E-state index contributed by atoms with van der Waals surface area (Å²) in [5.74, 6) is 0.208. The van der Waals surface area contributed by atoms with E-state index in [9.17, 15) is 19.5 Å². The molecule has 2 aliphatic heterocycles. The number of ether oxygens (including phenoxy) is 1. The number of rotatable bonds is 7. The van der Waals surface area contributed by atoms with Crippen LogP contribution < -0.4 is 10.3 Å². The van der Waals surface area contributed by atoms with Crippen molar-refractivity contribution in [3.63, 3.8) is 0 Å². The zero-order valence-corrected chi connectivity index (χ0v) is 25.3. The van der Waals surface area contributed by atoms with Crippen LogP contribution in [0.15, 0.2) is 78.0 Å². The van der Waals surface area contributed by atoms with Crippen LogP contribution in [0.25, 0.3) is 11.0 Å². The van der Waals surface area contributed by atoms with Crippen LogP contribution in [0.4, 0.5) is 0 Å². The van der Waals surface area contributed by atoms with Crippen molar-refractivity contribution < 1.29 is 19.4 Å². The Kier molecular flexibility index (Phi) is 8.27. The third-order valence-corrected chi connectivity index (χ3v) is 9.16. The van der Waals surface area contributed by atoms with Crippen LogP contribution >= 0.6 is 0 Å². The van der Waals surface area contributed by atoms with Crippen molar-refractivity contribution in [2.75, 3.05) is 32.8 Å². The van der Waals surface area contributed by atoms with Gasteiger partial charge in [-0.15, -0.1) is 0 Å². The lowest BCUT2D eigenvalue weighted by molar-refractivity contribution is -0.142. The van der Waals surface area contributed by atoms with Gasteiger partial charge in [-0.2, -0.15) is 0 Å². The first-order chi connectivity index (χ1) is 21.3. The first-order valence-electron chi connectivity index (χ1n) is 15.3. The van der Waals surface area contributed by atoms with Crippen LogP contribution in [0, 0.1) is 5.92 Å². The Labute approximate surface area is 256 Å². The van der Waals surface area contributed by atoms with Crippen molar-refractivity contribution in [3.8, 4) is 5.75 Å². The van der Waals surface area contributed by atoms with Gasteiger partial charge in [0, 0.05) is 56.8 Å². The molecule has 230 valence electrons. The minimum Gasteiger partial charge on any atom is -0.494 e. The maximum Gasteiger partial charge on any atom is 0.262 e. The van der Waals surface area contributed by atoms with Gasteiger partial charge in [0.2, 0.25) is 5.91 Å². The number of aryl methyl sites for hydroxylation is 1. The van der Waals surface area contributed by atoms with Crippen LogP contribution in [0.3, 0.4) is 0 Å². The van der Waals surface area contributed by atoms with Crippen LogP contribution in [-0.2, 0) is 18.4 Å². The average Bonchev–Trinajstić information content (AvgIpc) is 3.43. The van der Waals surface area contributed by atoms with E-state index < -0.39 is 5.60 Å². The molecule has 2 aliphatic rings. The largest absolute Gasteiger partial charge is 0.494 e. The fourth-order valence-electron chi connectivity index (χ4n) is 6.68. The fourth-order valence-corrected chi connectivity index (χ4v) is 6.68. The third kappa shape index (κ3) is 5.86. The topological polar surface area (TPSA) is 110 Å². The van der Waals surface area contributed by atoms with Crippen molar-refractivity contribution >= 4 is 22.8 Å². The zero-order chi connectivity index (χ0) is 30.8. The van der Waals surface area contributed by atoms with Gasteiger partial charge in [0.25, 0.3) is 11.5 Å². The number of benzene rings is 2. The molecule has 4 aromatic rings. The molecule has 1 N–H and O–H groups in total. The molecule has 44 heavy (non-hydrogen) atoms. The van der Waals surface area contributed by atoms with Gasteiger partial charge >= 0.3 is 0 Å². The zero-order valence-electron chi connectivity index (χ0n) is 25.3. The number of fused-ring (bicyclic) bond motifs is 1. The Morgan fingerprint density at radius 3 is 2.55 bits per heavy atom. The lowest BCUT2D eigenvalue weighted by Crippen LogP contribution is -2.53. The SMILES string of the molecule is CCOc1cccc(C(=O)N2CCC(C(=O)N3CCC(O)(Cn4cnc5c(ccn5C)c4=O)CC3)C(c3ccccc3)C2)c1. The van der Waals surface area contributed by atoms with Gasteiger partial charge < -0.3 is 24.2 Å². The van der Waals surface area contributed by atoms with Crippen LogP contribution in [0.5, 0.6) is 5.75 Å². The smallest absolute Gasteiger partial charge is 0.262 e. The van der Waals surface area contributed by atoms with Gasteiger partial charge in [-0.1, -0.05) is 36.4 Å². The number of hydrogen-bond donors (Lipinski definition) is 1. The van der Waals surface area contributed by atoms with E-state index in [4.69, 9.17) is 4.74 Å². The normalized spacial score (nSPS) is 20.1.